The van der Waals surface area contributed by atoms with E-state index in [0.717, 1.165) is 107 Å². The molecule has 2 aliphatic heterocycles. The van der Waals surface area contributed by atoms with Gasteiger partial charge >= 0.3 is 5.97 Å². The number of benzene rings is 2. The molecular weight excluding hydrogens is 795 g/mol. The predicted octanol–water partition coefficient (Wildman–Crippen LogP) is 9.11. The Hall–Kier alpha value is -4.49. The van der Waals surface area contributed by atoms with Gasteiger partial charge in [-0.25, -0.2) is 0 Å². The van der Waals surface area contributed by atoms with Crippen LogP contribution >= 0.6 is 0 Å². The number of rotatable bonds is 28. The van der Waals surface area contributed by atoms with E-state index in [1.54, 1.807) is 0 Å². The highest BCUT2D eigenvalue weighted by molar-refractivity contribution is 5.95. The van der Waals surface area contributed by atoms with Gasteiger partial charge in [-0.3, -0.25) is 14.6 Å². The van der Waals surface area contributed by atoms with Gasteiger partial charge < -0.3 is 45.0 Å². The third-order valence-corrected chi connectivity index (χ3v) is 12.5. The number of unbranched alkanes of at least 4 members (excludes halogenated alkanes) is 5. The molecule has 12 heteroatoms. The van der Waals surface area contributed by atoms with Gasteiger partial charge in [0.15, 0.2) is 0 Å². The number of amides is 1. The number of ether oxygens (including phenoxy) is 5. The molecule has 5 rings (SSSR count). The molecule has 0 bridgehead atoms. The Morgan fingerprint density at radius 1 is 0.825 bits per heavy atom. The number of pyridine rings is 1. The van der Waals surface area contributed by atoms with E-state index in [9.17, 15) is 9.59 Å². The number of nitrogens with zero attached hydrogens (tertiary/aromatic N) is 1. The van der Waals surface area contributed by atoms with Crippen molar-refractivity contribution < 1.29 is 33.3 Å². The van der Waals surface area contributed by atoms with Crippen LogP contribution in [0.4, 0.5) is 5.69 Å². The maximum atomic E-state index is 13.7. The minimum Gasteiger partial charge on any atom is -0.494 e. The van der Waals surface area contributed by atoms with Gasteiger partial charge in [-0.15, -0.1) is 0 Å². The Labute approximate surface area is 377 Å². The number of anilines is 1. The van der Waals surface area contributed by atoms with E-state index in [1.165, 1.54) is 18.4 Å². The lowest BCUT2D eigenvalue weighted by Crippen LogP contribution is -2.52. The number of carbonyl (C=O) groups is 2. The maximum Gasteiger partial charge on any atom is 0.305 e. The van der Waals surface area contributed by atoms with Crippen molar-refractivity contribution in [3.8, 4) is 5.75 Å². The van der Waals surface area contributed by atoms with Gasteiger partial charge in [0.25, 0.3) is 5.91 Å². The first-order valence-electron chi connectivity index (χ1n) is 23.6. The topological polar surface area (TPSA) is 141 Å². The van der Waals surface area contributed by atoms with Gasteiger partial charge in [-0.1, -0.05) is 57.4 Å². The van der Waals surface area contributed by atoms with Crippen molar-refractivity contribution in [1.82, 2.24) is 20.9 Å². The SMILES string of the molecule is CCC1C(C)CC=C(C2(Nc3cccc(C(=O)N[C@@H](C)c4ccc(OCCCCCCOCCOCCOCCCCCC(=O)OC)cc4)c3)CCNCC2)NC1c1ccncc1. The predicted molar refractivity (Wildman–Crippen MR) is 250 cm³/mol. The Kier molecular flexibility index (Phi) is 21.7. The molecule has 4 N–H and O–H groups in total. The van der Waals surface area contributed by atoms with Gasteiger partial charge in [-0.2, -0.15) is 0 Å². The number of esters is 1. The fourth-order valence-electron chi connectivity index (χ4n) is 8.70. The highest BCUT2D eigenvalue weighted by atomic mass is 16.5. The molecule has 0 spiro atoms. The summed E-state index contributed by atoms with van der Waals surface area (Å²) >= 11 is 0. The number of hydrogen-bond acceptors (Lipinski definition) is 11. The van der Waals surface area contributed by atoms with Crippen molar-refractivity contribution in [2.75, 3.05) is 71.8 Å². The van der Waals surface area contributed by atoms with Crippen molar-refractivity contribution in [3.05, 3.63) is 102 Å². The van der Waals surface area contributed by atoms with Crippen molar-refractivity contribution >= 4 is 17.6 Å². The number of allylic oxidation sites excluding steroid dienone is 1. The summed E-state index contributed by atoms with van der Waals surface area (Å²) in [5, 5.41) is 14.8. The van der Waals surface area contributed by atoms with Crippen molar-refractivity contribution in [1.29, 1.82) is 0 Å². The van der Waals surface area contributed by atoms with E-state index >= 15 is 0 Å². The van der Waals surface area contributed by atoms with Crippen LogP contribution in [0.5, 0.6) is 5.75 Å². The number of carbonyl (C=O) groups excluding carboxylic acids is 2. The second-order valence-electron chi connectivity index (χ2n) is 17.1. The normalized spacial score (nSPS) is 18.9. The Morgan fingerprint density at radius 2 is 1.48 bits per heavy atom. The van der Waals surface area contributed by atoms with Gasteiger partial charge in [0.2, 0.25) is 0 Å². The summed E-state index contributed by atoms with van der Waals surface area (Å²) in [6.07, 6.45) is 17.6. The van der Waals surface area contributed by atoms with E-state index in [2.05, 4.69) is 69.1 Å². The number of methoxy groups -OCH3 is 1. The lowest BCUT2D eigenvalue weighted by atomic mass is 9.81. The van der Waals surface area contributed by atoms with Crippen LogP contribution in [0.15, 0.2) is 84.8 Å². The molecule has 346 valence electrons. The average molecular weight is 870 g/mol. The fourth-order valence-corrected chi connectivity index (χ4v) is 8.70. The second-order valence-corrected chi connectivity index (χ2v) is 17.1. The molecule has 1 amide bonds. The molecule has 4 atom stereocenters. The molecule has 0 aliphatic carbocycles. The zero-order valence-corrected chi connectivity index (χ0v) is 38.5. The van der Waals surface area contributed by atoms with Crippen LogP contribution in [-0.2, 0) is 23.7 Å². The second kappa shape index (κ2) is 27.6. The number of nitrogens with one attached hydrogen (secondary N) is 4. The van der Waals surface area contributed by atoms with Crippen LogP contribution in [0.25, 0.3) is 0 Å². The Balaban J connectivity index is 0.979. The molecule has 3 unspecified atom stereocenters. The lowest BCUT2D eigenvalue weighted by molar-refractivity contribution is -0.140. The molecular formula is C51H75N5O7. The van der Waals surface area contributed by atoms with Gasteiger partial charge in [0.05, 0.1) is 57.8 Å². The zero-order valence-electron chi connectivity index (χ0n) is 38.5. The molecule has 1 aromatic heterocycles. The first kappa shape index (κ1) is 49.5. The average Bonchev–Trinajstić information content (AvgIpc) is 3.49. The van der Waals surface area contributed by atoms with Crippen LogP contribution in [-0.4, -0.2) is 88.8 Å². The third kappa shape index (κ3) is 16.5. The van der Waals surface area contributed by atoms with E-state index in [4.69, 9.17) is 18.9 Å². The fraction of sp³-hybridized carbons (Fsp3) is 0.588. The maximum absolute atomic E-state index is 13.7. The van der Waals surface area contributed by atoms with E-state index < -0.39 is 0 Å². The summed E-state index contributed by atoms with van der Waals surface area (Å²) in [6, 6.07) is 20.3. The number of aromatic nitrogens is 1. The molecule has 3 heterocycles. The molecule has 2 aromatic carbocycles. The first-order chi connectivity index (χ1) is 30.8. The van der Waals surface area contributed by atoms with Crippen LogP contribution in [0.2, 0.25) is 0 Å². The van der Waals surface area contributed by atoms with Gasteiger partial charge in [0, 0.05) is 49.0 Å². The molecule has 1 saturated heterocycles. The smallest absolute Gasteiger partial charge is 0.305 e. The number of hydrogen-bond donors (Lipinski definition) is 4. The standard InChI is InChI=1S/C51H75N5O7/c1-5-46-39(2)17-22-47(55-49(46)42-23-27-52-28-24-42)51(25-29-53-30-26-51)56-44-15-13-14-43(38-44)50(58)54-40(3)41-18-20-45(21-19-41)63-33-12-7-6-10-31-60-34-36-62-37-35-61-32-11-8-9-16-48(57)59-4/h13-15,18-24,27-28,38-40,46,49,53,55-56H,5-12,16-17,25-26,29-37H2,1-4H3,(H,54,58)/t39?,40-,46?,49?/m0/s1. The molecule has 0 saturated carbocycles. The molecule has 3 aromatic rings. The van der Waals surface area contributed by atoms with E-state index in [1.807, 2.05) is 61.8 Å². The summed E-state index contributed by atoms with van der Waals surface area (Å²) < 4.78 is 27.5. The zero-order chi connectivity index (χ0) is 44.5. The highest BCUT2D eigenvalue weighted by Gasteiger charge is 2.40. The molecule has 12 nitrogen and oxygen atoms in total. The van der Waals surface area contributed by atoms with Crippen molar-refractivity contribution in [2.24, 2.45) is 11.8 Å². The highest BCUT2D eigenvalue weighted by Crippen LogP contribution is 2.40. The molecule has 2 aliphatic rings. The number of piperidine rings is 1. The minimum atomic E-state index is -0.286. The van der Waals surface area contributed by atoms with Crippen LogP contribution in [0, 0.1) is 11.8 Å². The first-order valence-corrected chi connectivity index (χ1v) is 23.6. The van der Waals surface area contributed by atoms with Crippen LogP contribution < -0.4 is 26.0 Å². The third-order valence-electron chi connectivity index (χ3n) is 12.5. The Bertz CT molecular complexity index is 1790. The summed E-state index contributed by atoms with van der Waals surface area (Å²) in [6.45, 7) is 12.9. The van der Waals surface area contributed by atoms with E-state index in [0.29, 0.717) is 63.5 Å². The lowest BCUT2D eigenvalue weighted by Gasteiger charge is -2.43. The minimum absolute atomic E-state index is 0.104. The molecule has 0 radical (unpaired) electrons. The summed E-state index contributed by atoms with van der Waals surface area (Å²) in [4.78, 5) is 29.0. The summed E-state index contributed by atoms with van der Waals surface area (Å²) in [5.41, 5.74) is 4.83. The Morgan fingerprint density at radius 3 is 2.14 bits per heavy atom. The van der Waals surface area contributed by atoms with Crippen LogP contribution in [0.1, 0.15) is 131 Å². The molecule has 63 heavy (non-hydrogen) atoms. The monoisotopic (exact) mass is 870 g/mol. The molecule has 1 fully saturated rings. The van der Waals surface area contributed by atoms with E-state index in [-0.39, 0.29) is 29.5 Å². The van der Waals surface area contributed by atoms with Crippen molar-refractivity contribution in [2.45, 2.75) is 115 Å². The van der Waals surface area contributed by atoms with Crippen LogP contribution in [0.3, 0.4) is 0 Å². The summed E-state index contributed by atoms with van der Waals surface area (Å²) in [5.74, 6) is 1.60. The van der Waals surface area contributed by atoms with Gasteiger partial charge in [-0.05, 0) is 137 Å². The largest absolute Gasteiger partial charge is 0.494 e. The van der Waals surface area contributed by atoms with Gasteiger partial charge in [0.1, 0.15) is 5.75 Å². The van der Waals surface area contributed by atoms with Crippen molar-refractivity contribution in [3.63, 3.8) is 0 Å². The summed E-state index contributed by atoms with van der Waals surface area (Å²) in [7, 11) is 1.42. The quantitative estimate of drug-likeness (QED) is 0.0410.